The fourth-order valence-electron chi connectivity index (χ4n) is 5.72. The molecule has 0 fully saturated rings. The normalized spacial score (nSPS) is 14.4. The molecule has 202 valence electrons. The zero-order chi connectivity index (χ0) is 33.8. The van der Waals surface area contributed by atoms with Crippen LogP contribution in [0, 0.1) is 25.0 Å². The fraction of sp³-hybridized carbons (Fsp3) is 0.0811. The van der Waals surface area contributed by atoms with Crippen molar-refractivity contribution in [3.8, 4) is 28.5 Å². The van der Waals surface area contributed by atoms with Gasteiger partial charge in [-0.1, -0.05) is 104 Å². The molecule has 0 amide bonds. The van der Waals surface area contributed by atoms with Crippen LogP contribution < -0.4 is 15.0 Å². The van der Waals surface area contributed by atoms with Crippen molar-refractivity contribution < 1.29 is 12.6 Å². The molecule has 3 nitrogen and oxygen atoms in total. The minimum Gasteiger partial charge on any atom is -0.455 e. The van der Waals surface area contributed by atoms with Crippen LogP contribution in [-0.4, -0.2) is 13.1 Å². The second-order valence-corrected chi connectivity index (χ2v) is 15.5. The van der Waals surface area contributed by atoms with Gasteiger partial charge in [0.15, 0.2) is 8.07 Å². The van der Waals surface area contributed by atoms with Gasteiger partial charge < -0.3 is 4.42 Å². The highest BCUT2D eigenvalue weighted by Crippen LogP contribution is 2.41. The van der Waals surface area contributed by atoms with Crippen molar-refractivity contribution in [1.29, 1.82) is 5.26 Å². The Morgan fingerprint density at radius 1 is 0.786 bits per heavy atom. The van der Waals surface area contributed by atoms with Gasteiger partial charge in [0.2, 0.25) is 0 Å². The summed E-state index contributed by atoms with van der Waals surface area (Å²) >= 11 is 1.58. The molecule has 0 bridgehead atoms. The highest BCUT2D eigenvalue weighted by atomic mass is 32.1. The van der Waals surface area contributed by atoms with Crippen LogP contribution in [0.2, 0.25) is 6.55 Å². The Hall–Kier alpha value is -4.76. The van der Waals surface area contributed by atoms with E-state index in [-0.39, 0.29) is 11.1 Å². The molecule has 0 aliphatic carbocycles. The van der Waals surface area contributed by atoms with Gasteiger partial charge >= 0.3 is 0 Å². The third kappa shape index (κ3) is 4.11. The number of benzene rings is 5. The van der Waals surface area contributed by atoms with Crippen LogP contribution >= 0.6 is 11.3 Å². The van der Waals surface area contributed by atoms with Gasteiger partial charge in [0, 0.05) is 29.9 Å². The van der Waals surface area contributed by atoms with Gasteiger partial charge in [0.25, 0.3) is 0 Å². The largest absolute Gasteiger partial charge is 0.455 e. The average molecular weight is 583 g/mol. The van der Waals surface area contributed by atoms with E-state index >= 15 is 0 Å². The smallest absolute Gasteiger partial charge is 0.181 e. The lowest BCUT2D eigenvalue weighted by Crippen LogP contribution is -2.64. The zero-order valence-electron chi connectivity index (χ0n) is 28.7. The van der Waals surface area contributed by atoms with Crippen LogP contribution in [-0.2, 0) is 0 Å². The Balaban J connectivity index is 1.43. The van der Waals surface area contributed by atoms with Crippen molar-refractivity contribution in [2.24, 2.45) is 0 Å². The lowest BCUT2D eigenvalue weighted by Gasteiger charge is -2.26. The molecule has 0 unspecified atom stereocenters. The summed E-state index contributed by atoms with van der Waals surface area (Å²) in [4.78, 5) is 5.24. The third-order valence-corrected chi connectivity index (χ3v) is 14.2. The van der Waals surface area contributed by atoms with Crippen LogP contribution in [0.4, 0.5) is 0 Å². The minimum absolute atomic E-state index is 0.204. The van der Waals surface area contributed by atoms with Gasteiger partial charge in [-0.25, -0.2) is 4.98 Å². The number of para-hydroxylation sites is 1. The number of hydrogen-bond donors (Lipinski definition) is 0. The molecule has 7 rings (SSSR count). The molecule has 0 saturated carbocycles. The van der Waals surface area contributed by atoms with Crippen LogP contribution in [0.3, 0.4) is 0 Å². The van der Waals surface area contributed by atoms with E-state index in [4.69, 9.17) is 17.6 Å². The number of thiazole rings is 1. The maximum absolute atomic E-state index is 10.3. The number of furan rings is 1. The average Bonchev–Trinajstić information content (AvgIpc) is 3.73. The molecule has 0 atom stereocenters. The lowest BCUT2D eigenvalue weighted by molar-refractivity contribution is 0.671. The van der Waals surface area contributed by atoms with Crippen molar-refractivity contribution in [3.05, 3.63) is 131 Å². The number of hydrogen-bond acceptors (Lipinski definition) is 4. The first-order valence-corrected chi connectivity index (χ1v) is 16.9. The Kier molecular flexibility index (Phi) is 4.92. The summed E-state index contributed by atoms with van der Waals surface area (Å²) in [5.74, 6) is 0. The summed E-state index contributed by atoms with van der Waals surface area (Å²) in [6, 6.07) is 36.8. The third-order valence-electron chi connectivity index (χ3n) is 8.01. The van der Waals surface area contributed by atoms with Gasteiger partial charge in [-0.3, -0.25) is 0 Å². The summed E-state index contributed by atoms with van der Waals surface area (Å²) in [6.45, 7) is -2.91. The van der Waals surface area contributed by atoms with Gasteiger partial charge in [-0.05, 0) is 52.9 Å². The molecular weight excluding hydrogens is 549 g/mol. The molecule has 2 aromatic heterocycles. The highest BCUT2D eigenvalue weighted by molar-refractivity contribution is 7.31. The molecule has 0 saturated heterocycles. The Morgan fingerprint density at radius 3 is 2.19 bits per heavy atom. The van der Waals surface area contributed by atoms with E-state index in [1.54, 1.807) is 23.5 Å². The molecule has 7 aromatic rings. The zero-order valence-corrected chi connectivity index (χ0v) is 24.5. The Labute approximate surface area is 258 Å². The van der Waals surface area contributed by atoms with Crippen molar-refractivity contribution in [1.82, 2.24) is 4.98 Å². The van der Waals surface area contributed by atoms with Crippen molar-refractivity contribution in [2.75, 3.05) is 0 Å². The summed E-state index contributed by atoms with van der Waals surface area (Å²) in [5.41, 5.74) is 3.38. The highest BCUT2D eigenvalue weighted by Gasteiger charge is 2.37. The summed E-state index contributed by atoms with van der Waals surface area (Å²) < 4.78 is 55.5. The molecule has 2 heterocycles. The number of fused-ring (bicyclic) bond motifs is 3. The van der Waals surface area contributed by atoms with E-state index in [0.717, 1.165) is 15.4 Å². The molecule has 5 heteroatoms. The maximum atomic E-state index is 10.3. The molecule has 5 aromatic carbocycles. The molecule has 42 heavy (non-hydrogen) atoms. The van der Waals surface area contributed by atoms with Crippen molar-refractivity contribution >= 4 is 56.4 Å². The van der Waals surface area contributed by atoms with Crippen molar-refractivity contribution in [3.63, 3.8) is 0 Å². The van der Waals surface area contributed by atoms with Crippen LogP contribution in [0.25, 0.3) is 44.3 Å². The molecule has 0 radical (unpaired) electrons. The Bertz CT molecular complexity index is 2320. The number of rotatable bonds is 5. The number of aromatic nitrogens is 1. The van der Waals surface area contributed by atoms with Crippen LogP contribution in [0.5, 0.6) is 0 Å². The quantitative estimate of drug-likeness (QED) is 0.194. The van der Waals surface area contributed by atoms with Gasteiger partial charge in [-0.15, -0.1) is 11.3 Å². The predicted octanol–water partition coefficient (Wildman–Crippen LogP) is 7.97. The topological polar surface area (TPSA) is 49.8 Å². The summed E-state index contributed by atoms with van der Waals surface area (Å²) in [7, 11) is -2.50. The standard InChI is InChI=1S/C37H28N2OSSi/c1-24-17-18-26(21-25(24)2)30-15-10-16-31-32-20-19-27(22-38)34(36(32)40-35(30)31)33-23-41-37(39-33)42(3,28-11-6-4-7-12-28)29-13-8-5-9-14-29/h4-21,23H,1-3H3/i1D3,2D3. The number of nitrogens with zero attached hydrogens (tertiary/aromatic N) is 2. The number of aryl methyl sites for hydroxylation is 2. The molecule has 0 aliphatic heterocycles. The van der Waals surface area contributed by atoms with E-state index in [1.807, 2.05) is 41.8 Å². The summed E-state index contributed by atoms with van der Waals surface area (Å²) in [5, 5.41) is 16.3. The van der Waals surface area contributed by atoms with E-state index in [0.29, 0.717) is 39.1 Å². The predicted molar refractivity (Wildman–Crippen MR) is 178 cm³/mol. The van der Waals surface area contributed by atoms with Gasteiger partial charge in [0.1, 0.15) is 11.2 Å². The molecule has 0 N–H and O–H groups in total. The first-order chi connectivity index (χ1) is 22.9. The fourth-order valence-corrected chi connectivity index (χ4v) is 11.0. The molecule has 0 aliphatic rings. The van der Waals surface area contributed by atoms with Gasteiger partial charge in [0.05, 0.1) is 27.5 Å². The number of nitriles is 1. The lowest BCUT2D eigenvalue weighted by atomic mass is 9.98. The molecule has 0 spiro atoms. The van der Waals surface area contributed by atoms with E-state index in [2.05, 4.69) is 61.1 Å². The van der Waals surface area contributed by atoms with Crippen LogP contribution in [0.1, 0.15) is 24.9 Å². The van der Waals surface area contributed by atoms with E-state index in [1.165, 1.54) is 22.5 Å². The Morgan fingerprint density at radius 2 is 1.50 bits per heavy atom. The molecular formula is C37H28N2OSSi. The first kappa shape index (κ1) is 20.2. The SMILES string of the molecule is [2H]C([2H])([2H])c1ccc(-c2cccc3c2oc2c(-c4csc([Si](C)(c5ccccc5)c5ccccc5)n4)c(C#N)ccc23)cc1C([2H])([2H])[2H]. The second kappa shape index (κ2) is 10.3. The van der Waals surface area contributed by atoms with Gasteiger partial charge in [-0.2, -0.15) is 5.26 Å². The van der Waals surface area contributed by atoms with Crippen molar-refractivity contribution in [2.45, 2.75) is 20.3 Å². The maximum Gasteiger partial charge on any atom is 0.181 e. The second-order valence-electron chi connectivity index (χ2n) is 10.4. The summed E-state index contributed by atoms with van der Waals surface area (Å²) in [6.07, 6.45) is 0. The van der Waals surface area contributed by atoms with Crippen LogP contribution in [0.15, 0.2) is 119 Å². The van der Waals surface area contributed by atoms with E-state index < -0.39 is 21.8 Å². The van der Waals surface area contributed by atoms with E-state index in [9.17, 15) is 5.26 Å². The minimum atomic E-state index is -2.63. The monoisotopic (exact) mass is 582 g/mol. The first-order valence-electron chi connectivity index (χ1n) is 16.5.